The van der Waals surface area contributed by atoms with E-state index < -0.39 is 0 Å². The highest BCUT2D eigenvalue weighted by atomic mass is 16.5. The van der Waals surface area contributed by atoms with Gasteiger partial charge in [-0.3, -0.25) is 0 Å². The van der Waals surface area contributed by atoms with Crippen LogP contribution in [0.25, 0.3) is 10.8 Å². The molecule has 0 atom stereocenters. The van der Waals surface area contributed by atoms with Gasteiger partial charge >= 0.3 is 0 Å². The van der Waals surface area contributed by atoms with Crippen molar-refractivity contribution in [1.29, 1.82) is 0 Å². The third-order valence-electron chi connectivity index (χ3n) is 4.90. The quantitative estimate of drug-likeness (QED) is 0.474. The lowest BCUT2D eigenvalue weighted by molar-refractivity contribution is 0.310. The standard InChI is InChI=1S/C24H19N5O/c1-25-24-20-15-26-22-13-19(20)18(14-27-24)9-8-16-4-2-5-17(12-16)10-11-30-23-7-3-6-21(28-22)29-23/h2-7,12-15H,10-11H2,1H3,(H,25,27)(H,26,28,29). The van der Waals surface area contributed by atoms with Crippen molar-refractivity contribution in [1.82, 2.24) is 15.0 Å². The number of nitrogens with one attached hydrogen (secondary N) is 2. The number of rotatable bonds is 1. The smallest absolute Gasteiger partial charge is 0.215 e. The second-order valence-electron chi connectivity index (χ2n) is 6.92. The van der Waals surface area contributed by atoms with Gasteiger partial charge < -0.3 is 15.4 Å². The number of fused-ring (bicyclic) bond motifs is 5. The van der Waals surface area contributed by atoms with Crippen molar-refractivity contribution >= 4 is 28.2 Å². The Hall–Kier alpha value is -4.11. The molecule has 6 heteroatoms. The lowest BCUT2D eigenvalue weighted by Gasteiger charge is -2.11. The van der Waals surface area contributed by atoms with Crippen LogP contribution < -0.4 is 15.4 Å². The van der Waals surface area contributed by atoms with Crippen LogP contribution >= 0.6 is 0 Å². The minimum Gasteiger partial charge on any atom is -0.477 e. The van der Waals surface area contributed by atoms with Crippen molar-refractivity contribution in [2.75, 3.05) is 24.3 Å². The molecular formula is C24H19N5O. The summed E-state index contributed by atoms with van der Waals surface area (Å²) >= 11 is 0. The van der Waals surface area contributed by atoms with E-state index in [1.54, 1.807) is 12.4 Å². The molecule has 0 saturated heterocycles. The monoisotopic (exact) mass is 393 g/mol. The van der Waals surface area contributed by atoms with E-state index in [4.69, 9.17) is 4.74 Å². The highest BCUT2D eigenvalue weighted by Crippen LogP contribution is 2.27. The lowest BCUT2D eigenvalue weighted by atomic mass is 10.1. The van der Waals surface area contributed by atoms with Crippen LogP contribution in [0.2, 0.25) is 0 Å². The molecule has 6 bridgehead atoms. The molecule has 3 aromatic heterocycles. The van der Waals surface area contributed by atoms with Gasteiger partial charge in [0, 0.05) is 48.3 Å². The van der Waals surface area contributed by atoms with Crippen molar-refractivity contribution < 1.29 is 4.74 Å². The molecule has 146 valence electrons. The normalized spacial score (nSPS) is 12.4. The summed E-state index contributed by atoms with van der Waals surface area (Å²) in [6.07, 6.45) is 4.37. The predicted molar refractivity (Wildman–Crippen MR) is 118 cm³/mol. The number of hydrogen-bond acceptors (Lipinski definition) is 6. The van der Waals surface area contributed by atoms with E-state index in [1.807, 2.05) is 43.4 Å². The maximum atomic E-state index is 5.85. The van der Waals surface area contributed by atoms with Gasteiger partial charge in [0.15, 0.2) is 0 Å². The Labute approximate surface area is 174 Å². The van der Waals surface area contributed by atoms with Crippen molar-refractivity contribution in [2.24, 2.45) is 0 Å². The molecule has 1 aromatic carbocycles. The first-order chi connectivity index (χ1) is 14.8. The third kappa shape index (κ3) is 3.61. The number of hydrogen-bond donors (Lipinski definition) is 2. The molecule has 0 spiro atoms. The van der Waals surface area contributed by atoms with E-state index in [2.05, 4.69) is 49.6 Å². The Kier molecular flexibility index (Phi) is 4.62. The van der Waals surface area contributed by atoms with Crippen molar-refractivity contribution in [3.05, 3.63) is 77.6 Å². The topological polar surface area (TPSA) is 72.0 Å². The van der Waals surface area contributed by atoms with E-state index in [0.717, 1.165) is 34.1 Å². The fraction of sp³-hybridized carbons (Fsp3) is 0.125. The zero-order chi connectivity index (χ0) is 20.3. The molecule has 0 radical (unpaired) electrons. The SMILES string of the molecule is CNc1ncc2c3cc(ncc13)Nc1cccc(n1)OCCc1cccc(c1)C#C2. The fourth-order valence-electron chi connectivity index (χ4n) is 3.42. The van der Waals surface area contributed by atoms with Crippen LogP contribution in [0.5, 0.6) is 5.88 Å². The zero-order valence-corrected chi connectivity index (χ0v) is 16.4. The van der Waals surface area contributed by atoms with Gasteiger partial charge in [0.05, 0.1) is 12.2 Å². The molecule has 0 saturated carbocycles. The summed E-state index contributed by atoms with van der Waals surface area (Å²) in [5.74, 6) is 9.25. The molecule has 1 aliphatic heterocycles. The first kappa shape index (κ1) is 18.0. The van der Waals surface area contributed by atoms with Gasteiger partial charge in [-0.25, -0.2) is 9.97 Å². The summed E-state index contributed by atoms with van der Waals surface area (Å²) in [6.45, 7) is 0.539. The summed E-state index contributed by atoms with van der Waals surface area (Å²) in [7, 11) is 1.85. The van der Waals surface area contributed by atoms with Crippen LogP contribution in [0.3, 0.4) is 0 Å². The minimum atomic E-state index is 0.539. The maximum Gasteiger partial charge on any atom is 0.215 e. The Morgan fingerprint density at radius 1 is 0.967 bits per heavy atom. The Morgan fingerprint density at radius 2 is 1.90 bits per heavy atom. The Bertz CT molecular complexity index is 1310. The highest BCUT2D eigenvalue weighted by molar-refractivity contribution is 5.96. The number of aromatic nitrogens is 3. The molecule has 4 aromatic rings. The fourth-order valence-corrected chi connectivity index (χ4v) is 3.42. The van der Waals surface area contributed by atoms with E-state index in [9.17, 15) is 0 Å². The van der Waals surface area contributed by atoms with Crippen LogP contribution in [0.4, 0.5) is 17.5 Å². The van der Waals surface area contributed by atoms with Gasteiger partial charge in [-0.05, 0) is 29.8 Å². The molecule has 1 aliphatic rings. The van der Waals surface area contributed by atoms with Gasteiger partial charge in [-0.15, -0.1) is 0 Å². The first-order valence-corrected chi connectivity index (χ1v) is 9.73. The molecule has 30 heavy (non-hydrogen) atoms. The second kappa shape index (κ2) is 7.72. The molecule has 0 unspecified atom stereocenters. The van der Waals surface area contributed by atoms with E-state index in [1.165, 1.54) is 5.56 Å². The summed E-state index contributed by atoms with van der Waals surface area (Å²) in [5, 5.41) is 8.26. The number of ether oxygens (including phenoxy) is 1. The molecule has 4 heterocycles. The molecule has 6 nitrogen and oxygen atoms in total. The summed E-state index contributed by atoms with van der Waals surface area (Å²) in [5.41, 5.74) is 2.97. The van der Waals surface area contributed by atoms with Crippen LogP contribution in [-0.2, 0) is 6.42 Å². The third-order valence-corrected chi connectivity index (χ3v) is 4.90. The summed E-state index contributed by atoms with van der Waals surface area (Å²) < 4.78 is 5.85. The van der Waals surface area contributed by atoms with E-state index in [0.29, 0.717) is 24.1 Å². The second-order valence-corrected chi connectivity index (χ2v) is 6.92. The van der Waals surface area contributed by atoms with Crippen LogP contribution in [0.1, 0.15) is 16.7 Å². The number of nitrogens with zero attached hydrogens (tertiary/aromatic N) is 3. The molecule has 5 rings (SSSR count). The highest BCUT2D eigenvalue weighted by Gasteiger charge is 2.09. The van der Waals surface area contributed by atoms with Crippen LogP contribution in [0.15, 0.2) is 60.9 Å². The summed E-state index contributed by atoms with van der Waals surface area (Å²) in [4.78, 5) is 13.6. The van der Waals surface area contributed by atoms with Gasteiger partial charge in [-0.2, -0.15) is 4.98 Å². The van der Waals surface area contributed by atoms with Gasteiger partial charge in [0.25, 0.3) is 0 Å². The molecule has 0 aliphatic carbocycles. The Morgan fingerprint density at radius 3 is 2.83 bits per heavy atom. The zero-order valence-electron chi connectivity index (χ0n) is 16.4. The summed E-state index contributed by atoms with van der Waals surface area (Å²) in [6, 6.07) is 15.8. The molecular weight excluding hydrogens is 374 g/mol. The number of pyridine rings is 3. The van der Waals surface area contributed by atoms with Gasteiger partial charge in [0.2, 0.25) is 5.88 Å². The minimum absolute atomic E-state index is 0.539. The number of anilines is 3. The van der Waals surface area contributed by atoms with Crippen molar-refractivity contribution in [3.63, 3.8) is 0 Å². The average molecular weight is 393 g/mol. The molecule has 2 N–H and O–H groups in total. The van der Waals surface area contributed by atoms with Crippen molar-refractivity contribution in [2.45, 2.75) is 6.42 Å². The first-order valence-electron chi connectivity index (χ1n) is 9.73. The molecule has 0 amide bonds. The van der Waals surface area contributed by atoms with Crippen LogP contribution in [-0.4, -0.2) is 28.6 Å². The average Bonchev–Trinajstić information content (AvgIpc) is 2.77. The maximum absolute atomic E-state index is 5.85. The predicted octanol–water partition coefficient (Wildman–Crippen LogP) is 4.14. The lowest BCUT2D eigenvalue weighted by Crippen LogP contribution is -2.04. The van der Waals surface area contributed by atoms with Crippen molar-refractivity contribution in [3.8, 4) is 17.7 Å². The van der Waals surface area contributed by atoms with Crippen LogP contribution in [0, 0.1) is 11.8 Å². The van der Waals surface area contributed by atoms with E-state index in [-0.39, 0.29) is 0 Å². The largest absolute Gasteiger partial charge is 0.477 e. The molecule has 0 fully saturated rings. The van der Waals surface area contributed by atoms with E-state index >= 15 is 0 Å². The van der Waals surface area contributed by atoms with Gasteiger partial charge in [0.1, 0.15) is 17.5 Å². The Balaban J connectivity index is 1.70. The van der Waals surface area contributed by atoms with Gasteiger partial charge in [-0.1, -0.05) is 30.0 Å². The number of benzene rings is 1.